The second kappa shape index (κ2) is 9.34. The molecule has 2 rings (SSSR count). The van der Waals surface area contributed by atoms with Gasteiger partial charge in [0.1, 0.15) is 5.82 Å². The summed E-state index contributed by atoms with van der Waals surface area (Å²) in [6, 6.07) is 5.28. The fourth-order valence-corrected chi connectivity index (χ4v) is 2.67. The predicted molar refractivity (Wildman–Crippen MR) is 89.1 cm³/mol. The van der Waals surface area contributed by atoms with E-state index in [2.05, 4.69) is 15.5 Å². The molecule has 1 aliphatic heterocycles. The van der Waals surface area contributed by atoms with E-state index in [9.17, 15) is 14.0 Å². The third-order valence-corrected chi connectivity index (χ3v) is 4.18. The van der Waals surface area contributed by atoms with Gasteiger partial charge in [-0.2, -0.15) is 0 Å². The van der Waals surface area contributed by atoms with Crippen molar-refractivity contribution in [2.75, 3.05) is 45.2 Å². The average molecular weight is 337 g/mol. The number of likely N-dealkylation sites (tertiary alicyclic amines) is 1. The van der Waals surface area contributed by atoms with E-state index in [4.69, 9.17) is 4.74 Å². The van der Waals surface area contributed by atoms with Crippen molar-refractivity contribution in [3.8, 4) is 0 Å². The molecule has 0 aliphatic carbocycles. The van der Waals surface area contributed by atoms with Gasteiger partial charge in [-0.1, -0.05) is 0 Å². The number of nitrogens with one attached hydrogen (secondary N) is 2. The van der Waals surface area contributed by atoms with Crippen molar-refractivity contribution < 1.29 is 18.7 Å². The first-order valence-electron chi connectivity index (χ1n) is 8.14. The lowest BCUT2D eigenvalue weighted by Gasteiger charge is -2.31. The number of halogens is 1. The summed E-state index contributed by atoms with van der Waals surface area (Å²) >= 11 is 0. The van der Waals surface area contributed by atoms with Gasteiger partial charge in [-0.25, -0.2) is 4.39 Å². The Morgan fingerprint density at radius 3 is 2.50 bits per heavy atom. The Morgan fingerprint density at radius 1 is 1.21 bits per heavy atom. The number of carbonyl (C=O) groups is 2. The maximum Gasteiger partial charge on any atom is 0.313 e. The van der Waals surface area contributed by atoms with Gasteiger partial charge in [0.15, 0.2) is 0 Å². The number of ether oxygens (including phenoxy) is 1. The van der Waals surface area contributed by atoms with E-state index in [-0.39, 0.29) is 0 Å². The number of hydrogen-bond acceptors (Lipinski definition) is 4. The fourth-order valence-electron chi connectivity index (χ4n) is 2.67. The molecule has 0 unspecified atom stereocenters. The van der Waals surface area contributed by atoms with E-state index >= 15 is 0 Å². The maximum absolute atomic E-state index is 12.8. The molecule has 0 spiro atoms. The van der Waals surface area contributed by atoms with Gasteiger partial charge in [-0.3, -0.25) is 9.59 Å². The summed E-state index contributed by atoms with van der Waals surface area (Å²) in [4.78, 5) is 26.0. The summed E-state index contributed by atoms with van der Waals surface area (Å²) in [5.74, 6) is -1.42. The highest BCUT2D eigenvalue weighted by Gasteiger charge is 2.21. The molecule has 2 N–H and O–H groups in total. The number of carbonyl (C=O) groups excluding carboxylic acids is 2. The molecule has 6 nitrogen and oxygen atoms in total. The monoisotopic (exact) mass is 337 g/mol. The first-order chi connectivity index (χ1) is 11.6. The minimum atomic E-state index is -0.737. The normalized spacial score (nSPS) is 15.9. The van der Waals surface area contributed by atoms with E-state index < -0.39 is 17.6 Å². The minimum absolute atomic E-state index is 0.381. The molecule has 7 heteroatoms. The summed E-state index contributed by atoms with van der Waals surface area (Å²) in [5.41, 5.74) is 0.392. The van der Waals surface area contributed by atoms with E-state index in [0.717, 1.165) is 39.1 Å². The van der Waals surface area contributed by atoms with Gasteiger partial charge >= 0.3 is 11.8 Å². The topological polar surface area (TPSA) is 70.7 Å². The fraction of sp³-hybridized carbons (Fsp3) is 0.529. The molecule has 1 aromatic rings. The Balaban J connectivity index is 1.67. The highest BCUT2D eigenvalue weighted by Crippen LogP contribution is 2.16. The van der Waals surface area contributed by atoms with Crippen LogP contribution in [0.25, 0.3) is 0 Å². The van der Waals surface area contributed by atoms with Crippen LogP contribution in [0.4, 0.5) is 10.1 Å². The molecule has 132 valence electrons. The number of rotatable bonds is 6. The molecule has 0 saturated carbocycles. The predicted octanol–water partition coefficient (Wildman–Crippen LogP) is 1.24. The van der Waals surface area contributed by atoms with Crippen LogP contribution in [0.5, 0.6) is 0 Å². The summed E-state index contributed by atoms with van der Waals surface area (Å²) in [5, 5.41) is 5.12. The van der Waals surface area contributed by atoms with Gasteiger partial charge < -0.3 is 20.3 Å². The molecule has 1 heterocycles. The zero-order valence-electron chi connectivity index (χ0n) is 13.9. The highest BCUT2D eigenvalue weighted by atomic mass is 19.1. The molecule has 1 aliphatic rings. The van der Waals surface area contributed by atoms with Crippen LogP contribution in [0.15, 0.2) is 24.3 Å². The molecular weight excluding hydrogens is 313 g/mol. The maximum atomic E-state index is 12.8. The van der Waals surface area contributed by atoms with Crippen molar-refractivity contribution in [2.45, 2.75) is 12.8 Å². The van der Waals surface area contributed by atoms with Crippen molar-refractivity contribution in [3.05, 3.63) is 30.1 Å². The molecule has 1 aromatic carbocycles. The van der Waals surface area contributed by atoms with Gasteiger partial charge in [0.2, 0.25) is 0 Å². The van der Waals surface area contributed by atoms with Crippen molar-refractivity contribution in [3.63, 3.8) is 0 Å². The van der Waals surface area contributed by atoms with Crippen LogP contribution in [0.3, 0.4) is 0 Å². The number of piperidine rings is 1. The average Bonchev–Trinajstić information content (AvgIpc) is 2.60. The minimum Gasteiger partial charge on any atom is -0.383 e. The second-order valence-corrected chi connectivity index (χ2v) is 5.95. The lowest BCUT2D eigenvalue weighted by Crippen LogP contribution is -2.42. The van der Waals surface area contributed by atoms with Crippen molar-refractivity contribution in [1.82, 2.24) is 10.2 Å². The zero-order valence-corrected chi connectivity index (χ0v) is 13.9. The third-order valence-electron chi connectivity index (χ3n) is 4.18. The number of benzene rings is 1. The highest BCUT2D eigenvalue weighted by molar-refractivity contribution is 6.39. The van der Waals surface area contributed by atoms with Gasteiger partial charge in [0, 0.05) is 25.9 Å². The molecule has 0 aromatic heterocycles. The number of methoxy groups -OCH3 is 1. The molecule has 0 bridgehead atoms. The molecule has 24 heavy (non-hydrogen) atoms. The first-order valence-corrected chi connectivity index (χ1v) is 8.14. The standard InChI is InChI=1S/C17H24FN3O3/c1-24-11-10-21-8-6-13(7-9-21)12-19-16(22)17(23)20-15-4-2-14(18)3-5-15/h2-5,13H,6-12H2,1H3,(H,19,22)(H,20,23). The molecule has 1 saturated heterocycles. The van der Waals surface area contributed by atoms with Crippen molar-refractivity contribution in [2.24, 2.45) is 5.92 Å². The van der Waals surface area contributed by atoms with Crippen LogP contribution >= 0.6 is 0 Å². The molecule has 0 atom stereocenters. The van der Waals surface area contributed by atoms with Gasteiger partial charge in [0.25, 0.3) is 0 Å². The van der Waals surface area contributed by atoms with Crippen LogP contribution in [0.2, 0.25) is 0 Å². The number of amides is 2. The molecule has 1 fully saturated rings. The summed E-state index contributed by atoms with van der Waals surface area (Å²) in [6.45, 7) is 4.10. The van der Waals surface area contributed by atoms with Crippen molar-refractivity contribution in [1.29, 1.82) is 0 Å². The smallest absolute Gasteiger partial charge is 0.313 e. The Bertz CT molecular complexity index is 543. The van der Waals surface area contributed by atoms with Gasteiger partial charge in [-0.05, 0) is 56.1 Å². The number of hydrogen-bond donors (Lipinski definition) is 2. The SMILES string of the molecule is COCCN1CCC(CNC(=O)C(=O)Nc2ccc(F)cc2)CC1. The Labute approximate surface area is 141 Å². The van der Waals surface area contributed by atoms with Crippen LogP contribution in [-0.2, 0) is 14.3 Å². The Morgan fingerprint density at radius 2 is 1.88 bits per heavy atom. The summed E-state index contributed by atoms with van der Waals surface area (Å²) < 4.78 is 17.9. The quantitative estimate of drug-likeness (QED) is 0.766. The van der Waals surface area contributed by atoms with Crippen LogP contribution in [0, 0.1) is 11.7 Å². The first kappa shape index (κ1) is 18.4. The zero-order chi connectivity index (χ0) is 17.4. The molecule has 2 amide bonds. The van der Waals surface area contributed by atoms with E-state index in [1.165, 1.54) is 24.3 Å². The van der Waals surface area contributed by atoms with Crippen LogP contribution in [-0.4, -0.2) is 56.6 Å². The summed E-state index contributed by atoms with van der Waals surface area (Å²) in [7, 11) is 1.69. The van der Waals surface area contributed by atoms with Gasteiger partial charge in [-0.15, -0.1) is 0 Å². The van der Waals surface area contributed by atoms with Gasteiger partial charge in [0.05, 0.1) is 6.61 Å². The molecular formula is C17H24FN3O3. The second-order valence-electron chi connectivity index (χ2n) is 5.95. The Hall–Kier alpha value is -1.99. The van der Waals surface area contributed by atoms with E-state index in [1.54, 1.807) is 7.11 Å². The largest absolute Gasteiger partial charge is 0.383 e. The number of nitrogens with zero attached hydrogens (tertiary/aromatic N) is 1. The number of anilines is 1. The third kappa shape index (κ3) is 5.90. The lowest BCUT2D eigenvalue weighted by atomic mass is 9.97. The summed E-state index contributed by atoms with van der Waals surface area (Å²) in [6.07, 6.45) is 1.98. The lowest BCUT2D eigenvalue weighted by molar-refractivity contribution is -0.136. The van der Waals surface area contributed by atoms with E-state index in [1.807, 2.05) is 0 Å². The van der Waals surface area contributed by atoms with Crippen LogP contribution in [0.1, 0.15) is 12.8 Å². The Kier molecular flexibility index (Phi) is 7.14. The van der Waals surface area contributed by atoms with E-state index in [0.29, 0.717) is 18.2 Å². The van der Waals surface area contributed by atoms with Crippen molar-refractivity contribution >= 4 is 17.5 Å². The van der Waals surface area contributed by atoms with Crippen LogP contribution < -0.4 is 10.6 Å². The molecule has 0 radical (unpaired) electrons.